The number of fused-ring (bicyclic) bond motifs is 2. The van der Waals surface area contributed by atoms with Crippen LogP contribution in [0.5, 0.6) is 11.5 Å². The molecule has 0 aliphatic rings. The number of carbonyl (C=O) groups excluding carboxylic acids is 3. The van der Waals surface area contributed by atoms with Gasteiger partial charge in [0.2, 0.25) is 0 Å². The number of anilines is 4. The number of rotatable bonds is 8. The average Bonchev–Trinajstić information content (AvgIpc) is 3.09. The lowest BCUT2D eigenvalue weighted by molar-refractivity contribution is 0.101. The molecule has 0 saturated carbocycles. The maximum Gasteiger partial charge on any atom is 0.323 e. The van der Waals surface area contributed by atoms with Gasteiger partial charge in [-0.1, -0.05) is 36.4 Å². The summed E-state index contributed by atoms with van der Waals surface area (Å²) in [5.41, 5.74) is 0.729. The van der Waals surface area contributed by atoms with Crippen LogP contribution in [-0.4, -0.2) is 54.0 Å². The van der Waals surface area contributed by atoms with E-state index in [2.05, 4.69) is 21.3 Å². The summed E-state index contributed by atoms with van der Waals surface area (Å²) in [5.74, 6) is -1.94. The molecule has 6 aromatic rings. The molecule has 0 bridgehead atoms. The quantitative estimate of drug-likeness (QED) is 0.0760. The Kier molecular flexibility index (Phi) is 9.74. The van der Waals surface area contributed by atoms with Gasteiger partial charge in [0.1, 0.15) is 21.3 Å². The summed E-state index contributed by atoms with van der Waals surface area (Å²) < 4.78 is 68.5. The first kappa shape index (κ1) is 37.2. The van der Waals surface area contributed by atoms with Gasteiger partial charge in [-0.25, -0.2) is 4.79 Å². The standard InChI is InChI=1S/C37H30N4O11S2/c1-19-9-11-21(17-27(19)35(44)40-33-25-5-3-7-29(42)23(25)13-15-31(33)53(47,48)49)38-37(46)39-22-12-10-20(2)28(18-22)36(45)41-34-26-6-4-8-30(43)24(26)14-16-32(34)54(50,51)52/h3-18,42-43H,1-2H3,(H,40,44)(H,41,45)(H2,38,39,46)(H,47,48,49)(H,50,51,52). The molecule has 6 rings (SSSR count). The second-order valence-electron chi connectivity index (χ2n) is 12.1. The average molecular weight is 771 g/mol. The topological polar surface area (TPSA) is 249 Å². The van der Waals surface area contributed by atoms with Crippen LogP contribution >= 0.6 is 0 Å². The molecule has 0 aliphatic carbocycles. The third-order valence-corrected chi connectivity index (χ3v) is 10.3. The SMILES string of the molecule is Cc1ccc(NC(=O)Nc2ccc(C)c(C(=O)Nc3c(S(=O)(=O)O)ccc4c(O)cccc34)c2)cc1C(=O)Nc1c(S(=O)(=O)O)ccc2c(O)cccc12. The molecule has 0 atom stereocenters. The molecular formula is C37H30N4O11S2. The molecule has 0 aromatic heterocycles. The zero-order valence-electron chi connectivity index (χ0n) is 28.2. The molecule has 17 heteroatoms. The number of aryl methyl sites for hydroxylation is 2. The maximum absolute atomic E-state index is 13.5. The fourth-order valence-electron chi connectivity index (χ4n) is 5.87. The van der Waals surface area contributed by atoms with E-state index in [1.54, 1.807) is 13.8 Å². The first-order valence-electron chi connectivity index (χ1n) is 15.8. The number of hydrogen-bond donors (Lipinski definition) is 8. The van der Waals surface area contributed by atoms with Crippen LogP contribution in [0.1, 0.15) is 31.8 Å². The van der Waals surface area contributed by atoms with Crippen LogP contribution in [0.3, 0.4) is 0 Å². The molecule has 0 heterocycles. The monoisotopic (exact) mass is 770 g/mol. The zero-order chi connectivity index (χ0) is 39.1. The molecule has 54 heavy (non-hydrogen) atoms. The van der Waals surface area contributed by atoms with E-state index >= 15 is 0 Å². The van der Waals surface area contributed by atoms with E-state index in [0.717, 1.165) is 12.1 Å². The molecule has 15 nitrogen and oxygen atoms in total. The van der Waals surface area contributed by atoms with Gasteiger partial charge in [0, 0.05) is 44.0 Å². The molecule has 0 unspecified atom stereocenters. The van der Waals surface area contributed by atoms with Crippen LogP contribution in [0.15, 0.2) is 107 Å². The predicted molar refractivity (Wildman–Crippen MR) is 202 cm³/mol. The molecule has 0 saturated heterocycles. The molecule has 8 N–H and O–H groups in total. The summed E-state index contributed by atoms with van der Waals surface area (Å²) in [4.78, 5) is 39.0. The van der Waals surface area contributed by atoms with Gasteiger partial charge in [0.05, 0.1) is 11.4 Å². The van der Waals surface area contributed by atoms with Crippen LogP contribution in [0.25, 0.3) is 21.5 Å². The van der Waals surface area contributed by atoms with Crippen molar-refractivity contribution in [2.75, 3.05) is 21.3 Å². The lowest BCUT2D eigenvalue weighted by Gasteiger charge is -2.16. The zero-order valence-corrected chi connectivity index (χ0v) is 29.8. The van der Waals surface area contributed by atoms with Crippen molar-refractivity contribution in [1.29, 1.82) is 0 Å². The van der Waals surface area contributed by atoms with E-state index in [-0.39, 0.29) is 66.9 Å². The minimum atomic E-state index is -4.81. The molecule has 0 aliphatic heterocycles. The Bertz CT molecular complexity index is 2600. The number of urea groups is 1. The van der Waals surface area contributed by atoms with Gasteiger partial charge in [-0.3, -0.25) is 18.7 Å². The van der Waals surface area contributed by atoms with Crippen molar-refractivity contribution in [1.82, 2.24) is 0 Å². The molecule has 4 amide bonds. The Morgan fingerprint density at radius 1 is 0.500 bits per heavy atom. The van der Waals surface area contributed by atoms with E-state index in [1.165, 1.54) is 84.9 Å². The van der Waals surface area contributed by atoms with E-state index in [0.29, 0.717) is 11.1 Å². The van der Waals surface area contributed by atoms with Crippen molar-refractivity contribution in [3.63, 3.8) is 0 Å². The van der Waals surface area contributed by atoms with Crippen LogP contribution < -0.4 is 21.3 Å². The number of phenolic OH excluding ortho intramolecular Hbond substituents is 2. The largest absolute Gasteiger partial charge is 0.507 e. The van der Waals surface area contributed by atoms with E-state index in [9.17, 15) is 50.5 Å². The normalized spacial score (nSPS) is 11.6. The Morgan fingerprint density at radius 2 is 0.889 bits per heavy atom. The summed E-state index contributed by atoms with van der Waals surface area (Å²) in [6.07, 6.45) is 0. The fourth-order valence-corrected chi connectivity index (χ4v) is 7.19. The van der Waals surface area contributed by atoms with E-state index in [4.69, 9.17) is 0 Å². The molecule has 6 aromatic carbocycles. The van der Waals surface area contributed by atoms with Gasteiger partial charge in [0.15, 0.2) is 0 Å². The first-order chi connectivity index (χ1) is 25.4. The number of aromatic hydroxyl groups is 2. The van der Waals surface area contributed by atoms with Crippen molar-refractivity contribution < 1.29 is 50.5 Å². The molecule has 0 radical (unpaired) electrons. The van der Waals surface area contributed by atoms with Crippen molar-refractivity contribution in [3.8, 4) is 11.5 Å². The van der Waals surface area contributed by atoms with E-state index < -0.39 is 47.9 Å². The third-order valence-electron chi connectivity index (χ3n) is 8.51. The second kappa shape index (κ2) is 14.1. The smallest absolute Gasteiger partial charge is 0.323 e. The van der Waals surface area contributed by atoms with Gasteiger partial charge in [-0.05, 0) is 85.6 Å². The lowest BCUT2D eigenvalue weighted by Crippen LogP contribution is -2.21. The summed E-state index contributed by atoms with van der Waals surface area (Å²) in [6.45, 7) is 3.21. The van der Waals surface area contributed by atoms with Gasteiger partial charge in [-0.2, -0.15) is 16.8 Å². The molecular weight excluding hydrogens is 741 g/mol. The number of benzene rings is 6. The number of hydrogen-bond acceptors (Lipinski definition) is 9. The number of carbonyl (C=O) groups is 3. The Labute approximate surface area is 307 Å². The molecule has 0 spiro atoms. The number of nitrogens with one attached hydrogen (secondary N) is 4. The van der Waals surface area contributed by atoms with Gasteiger partial charge >= 0.3 is 6.03 Å². The van der Waals surface area contributed by atoms with Gasteiger partial charge < -0.3 is 31.5 Å². The van der Waals surface area contributed by atoms with Crippen molar-refractivity contribution in [2.45, 2.75) is 23.6 Å². The minimum absolute atomic E-state index is 0.0338. The Morgan fingerprint density at radius 3 is 1.26 bits per heavy atom. The number of phenols is 2. The van der Waals surface area contributed by atoms with Crippen LogP contribution in [-0.2, 0) is 20.2 Å². The van der Waals surface area contributed by atoms with E-state index in [1.807, 2.05) is 0 Å². The predicted octanol–water partition coefficient (Wildman–Crippen LogP) is 6.66. The highest BCUT2D eigenvalue weighted by atomic mass is 32.2. The minimum Gasteiger partial charge on any atom is -0.507 e. The Balaban J connectivity index is 1.23. The van der Waals surface area contributed by atoms with Gasteiger partial charge in [-0.15, -0.1) is 0 Å². The van der Waals surface area contributed by atoms with Gasteiger partial charge in [0.25, 0.3) is 32.1 Å². The summed E-state index contributed by atoms with van der Waals surface area (Å²) >= 11 is 0. The highest BCUT2D eigenvalue weighted by Crippen LogP contribution is 2.37. The molecule has 0 fully saturated rings. The highest BCUT2D eigenvalue weighted by molar-refractivity contribution is 7.86. The van der Waals surface area contributed by atoms with Crippen molar-refractivity contribution >= 4 is 82.4 Å². The highest BCUT2D eigenvalue weighted by Gasteiger charge is 2.24. The fraction of sp³-hybridized carbons (Fsp3) is 0.0541. The Hall–Kier alpha value is -6.53. The maximum atomic E-state index is 13.5. The molecule has 276 valence electrons. The van der Waals surface area contributed by atoms with Crippen molar-refractivity contribution in [3.05, 3.63) is 119 Å². The van der Waals surface area contributed by atoms with Crippen LogP contribution in [0.2, 0.25) is 0 Å². The summed E-state index contributed by atoms with van der Waals surface area (Å²) in [6, 6.07) is 21.2. The second-order valence-corrected chi connectivity index (χ2v) is 14.9. The van der Waals surface area contributed by atoms with Crippen LogP contribution in [0, 0.1) is 13.8 Å². The summed E-state index contributed by atoms with van der Waals surface area (Å²) in [5, 5.41) is 31.5. The lowest BCUT2D eigenvalue weighted by atomic mass is 10.0. The van der Waals surface area contributed by atoms with Crippen LogP contribution in [0.4, 0.5) is 27.5 Å². The first-order valence-corrected chi connectivity index (χ1v) is 18.7. The summed E-state index contributed by atoms with van der Waals surface area (Å²) in [7, 11) is -9.61. The third kappa shape index (κ3) is 7.50. The number of amides is 4. The van der Waals surface area contributed by atoms with Crippen molar-refractivity contribution in [2.24, 2.45) is 0 Å².